The zero-order valence-corrected chi connectivity index (χ0v) is 17.1. The summed E-state index contributed by atoms with van der Waals surface area (Å²) in [6, 6.07) is 10.5. The van der Waals surface area contributed by atoms with Gasteiger partial charge in [-0.15, -0.1) is 0 Å². The number of fused-ring (bicyclic) bond motifs is 1. The van der Waals surface area contributed by atoms with Crippen molar-refractivity contribution >= 4 is 39.1 Å². The number of sulfonamides is 1. The molecule has 0 saturated heterocycles. The number of hydrogen-bond donors (Lipinski definition) is 1. The Labute approximate surface area is 169 Å². The van der Waals surface area contributed by atoms with Crippen LogP contribution in [-0.4, -0.2) is 25.8 Å². The Morgan fingerprint density at radius 1 is 1.22 bits per heavy atom. The molecule has 0 spiro atoms. The van der Waals surface area contributed by atoms with E-state index in [4.69, 9.17) is 28.3 Å². The fourth-order valence-corrected chi connectivity index (χ4v) is 4.66. The highest BCUT2D eigenvalue weighted by Crippen LogP contribution is 2.32. The molecule has 1 aliphatic rings. The van der Waals surface area contributed by atoms with Crippen LogP contribution < -0.4 is 5.14 Å². The van der Waals surface area contributed by atoms with E-state index in [0.717, 1.165) is 11.1 Å². The van der Waals surface area contributed by atoms with Crippen LogP contribution in [0.4, 0.5) is 0 Å². The standard InChI is InChI=1S/C19H20Cl2N2O3S/c1-12-15-9-13(11-27(22,25)26)5-6-14(15)7-8-23(12)19(24)10-16-17(20)3-2-4-18(16)21/h2-6,9,12H,7-8,10-11H2,1H3,(H2,22,25,26). The Morgan fingerprint density at radius 2 is 1.89 bits per heavy atom. The van der Waals surface area contributed by atoms with Gasteiger partial charge in [0.2, 0.25) is 15.9 Å². The molecule has 8 heteroatoms. The summed E-state index contributed by atoms with van der Waals surface area (Å²) in [5.41, 5.74) is 3.29. The number of amides is 1. The number of hydrogen-bond acceptors (Lipinski definition) is 3. The molecule has 2 aromatic rings. The minimum atomic E-state index is -3.61. The van der Waals surface area contributed by atoms with Gasteiger partial charge in [-0.3, -0.25) is 4.79 Å². The van der Waals surface area contributed by atoms with Crippen LogP contribution in [-0.2, 0) is 33.4 Å². The second-order valence-electron chi connectivity index (χ2n) is 6.73. The van der Waals surface area contributed by atoms with Crippen LogP contribution in [0.1, 0.15) is 35.2 Å². The van der Waals surface area contributed by atoms with Crippen molar-refractivity contribution in [3.05, 3.63) is 68.7 Å². The molecule has 1 amide bonds. The molecule has 0 saturated carbocycles. The fraction of sp³-hybridized carbons (Fsp3) is 0.316. The summed E-state index contributed by atoms with van der Waals surface area (Å²) in [5.74, 6) is -0.295. The van der Waals surface area contributed by atoms with E-state index in [9.17, 15) is 13.2 Å². The van der Waals surface area contributed by atoms with E-state index in [1.54, 1.807) is 29.2 Å². The van der Waals surface area contributed by atoms with Gasteiger partial charge >= 0.3 is 0 Å². The Kier molecular flexibility index (Phi) is 5.82. The van der Waals surface area contributed by atoms with Crippen LogP contribution in [0, 0.1) is 0 Å². The Bertz CT molecular complexity index is 972. The lowest BCUT2D eigenvalue weighted by atomic mass is 9.91. The number of nitrogens with two attached hydrogens (primary N) is 1. The summed E-state index contributed by atoms with van der Waals surface area (Å²) in [6.45, 7) is 2.52. The molecule has 1 atom stereocenters. The monoisotopic (exact) mass is 426 g/mol. The number of halogens is 2. The zero-order chi connectivity index (χ0) is 19.8. The molecule has 1 unspecified atom stereocenters. The summed E-state index contributed by atoms with van der Waals surface area (Å²) in [4.78, 5) is 14.7. The van der Waals surface area contributed by atoms with Crippen LogP contribution >= 0.6 is 23.2 Å². The highest BCUT2D eigenvalue weighted by atomic mass is 35.5. The summed E-state index contributed by atoms with van der Waals surface area (Å²) >= 11 is 12.4. The molecule has 2 aromatic carbocycles. The number of rotatable bonds is 4. The Morgan fingerprint density at radius 3 is 2.52 bits per heavy atom. The SMILES string of the molecule is CC1c2cc(CS(N)(=O)=O)ccc2CCN1C(=O)Cc1c(Cl)cccc1Cl. The first-order valence-corrected chi connectivity index (χ1v) is 11.0. The van der Waals surface area contributed by atoms with E-state index in [0.29, 0.717) is 34.1 Å². The van der Waals surface area contributed by atoms with Crippen LogP contribution in [0.15, 0.2) is 36.4 Å². The maximum absolute atomic E-state index is 12.9. The third-order valence-electron chi connectivity index (χ3n) is 4.83. The maximum Gasteiger partial charge on any atom is 0.227 e. The van der Waals surface area contributed by atoms with Crippen molar-refractivity contribution in [3.63, 3.8) is 0 Å². The van der Waals surface area contributed by atoms with Gasteiger partial charge in [0.05, 0.1) is 18.2 Å². The minimum Gasteiger partial charge on any atom is -0.335 e. The second-order valence-corrected chi connectivity index (χ2v) is 9.16. The van der Waals surface area contributed by atoms with Crippen LogP contribution in [0.5, 0.6) is 0 Å². The molecule has 1 aliphatic heterocycles. The molecular formula is C19H20Cl2N2O3S. The average Bonchev–Trinajstić information content (AvgIpc) is 2.57. The lowest BCUT2D eigenvalue weighted by Gasteiger charge is -2.36. The lowest BCUT2D eigenvalue weighted by Crippen LogP contribution is -2.39. The van der Waals surface area contributed by atoms with E-state index >= 15 is 0 Å². The van der Waals surface area contributed by atoms with Crippen LogP contribution in [0.3, 0.4) is 0 Å². The van der Waals surface area contributed by atoms with Crippen molar-refractivity contribution in [2.24, 2.45) is 5.14 Å². The topological polar surface area (TPSA) is 80.5 Å². The third kappa shape index (κ3) is 4.63. The van der Waals surface area contributed by atoms with Gasteiger partial charge in [0, 0.05) is 16.6 Å². The minimum absolute atomic E-state index is 0.0694. The summed E-state index contributed by atoms with van der Waals surface area (Å²) < 4.78 is 22.8. The average molecular weight is 427 g/mol. The van der Waals surface area contributed by atoms with Gasteiger partial charge in [-0.25, -0.2) is 13.6 Å². The first-order chi connectivity index (χ1) is 12.7. The van der Waals surface area contributed by atoms with Gasteiger partial charge < -0.3 is 4.90 Å². The predicted octanol–water partition coefficient (Wildman–Crippen LogP) is 3.47. The third-order valence-corrected chi connectivity index (χ3v) is 6.27. The van der Waals surface area contributed by atoms with E-state index < -0.39 is 10.0 Å². The number of primary sulfonamides is 1. The molecular weight excluding hydrogens is 407 g/mol. The summed E-state index contributed by atoms with van der Waals surface area (Å²) in [5, 5.41) is 6.09. The first kappa shape index (κ1) is 20.1. The largest absolute Gasteiger partial charge is 0.335 e. The Balaban J connectivity index is 1.84. The van der Waals surface area contributed by atoms with Gasteiger partial charge in [-0.05, 0) is 47.7 Å². The quantitative estimate of drug-likeness (QED) is 0.812. The van der Waals surface area contributed by atoms with Crippen molar-refractivity contribution < 1.29 is 13.2 Å². The normalized spacial score (nSPS) is 16.9. The van der Waals surface area contributed by atoms with Gasteiger partial charge in [0.15, 0.2) is 0 Å². The molecule has 144 valence electrons. The van der Waals surface area contributed by atoms with Crippen LogP contribution in [0.2, 0.25) is 10.0 Å². The van der Waals surface area contributed by atoms with Gasteiger partial charge in [-0.1, -0.05) is 47.5 Å². The molecule has 5 nitrogen and oxygen atoms in total. The highest BCUT2D eigenvalue weighted by molar-refractivity contribution is 7.88. The molecule has 0 aromatic heterocycles. The van der Waals surface area contributed by atoms with Gasteiger partial charge in [0.1, 0.15) is 0 Å². The maximum atomic E-state index is 12.9. The smallest absolute Gasteiger partial charge is 0.227 e. The number of benzene rings is 2. The molecule has 0 bridgehead atoms. The first-order valence-electron chi connectivity index (χ1n) is 8.50. The summed E-state index contributed by atoms with van der Waals surface area (Å²) in [7, 11) is -3.61. The Hall–Kier alpha value is -1.60. The van der Waals surface area contributed by atoms with Crippen molar-refractivity contribution in [1.82, 2.24) is 4.90 Å². The van der Waals surface area contributed by atoms with Crippen LogP contribution in [0.25, 0.3) is 0 Å². The second kappa shape index (κ2) is 7.80. The van der Waals surface area contributed by atoms with E-state index in [1.807, 2.05) is 19.1 Å². The van der Waals surface area contributed by atoms with E-state index in [1.165, 1.54) is 0 Å². The molecule has 27 heavy (non-hydrogen) atoms. The van der Waals surface area contributed by atoms with Gasteiger partial charge in [-0.2, -0.15) is 0 Å². The fourth-order valence-electron chi connectivity index (χ4n) is 3.48. The number of carbonyl (C=O) groups is 1. The molecule has 2 N–H and O–H groups in total. The molecule has 0 aliphatic carbocycles. The highest BCUT2D eigenvalue weighted by Gasteiger charge is 2.28. The van der Waals surface area contributed by atoms with E-state index in [-0.39, 0.29) is 24.1 Å². The summed E-state index contributed by atoms with van der Waals surface area (Å²) in [6.07, 6.45) is 0.826. The number of carbonyl (C=O) groups excluding carboxylic acids is 1. The van der Waals surface area contributed by atoms with Crippen molar-refractivity contribution in [1.29, 1.82) is 0 Å². The number of nitrogens with zero attached hydrogens (tertiary/aromatic N) is 1. The van der Waals surface area contributed by atoms with Crippen molar-refractivity contribution in [2.75, 3.05) is 6.54 Å². The lowest BCUT2D eigenvalue weighted by molar-refractivity contribution is -0.133. The van der Waals surface area contributed by atoms with Crippen molar-refractivity contribution in [3.8, 4) is 0 Å². The molecule has 0 radical (unpaired) electrons. The van der Waals surface area contributed by atoms with Crippen molar-refractivity contribution in [2.45, 2.75) is 31.6 Å². The molecule has 3 rings (SSSR count). The molecule has 0 fully saturated rings. The molecule has 1 heterocycles. The zero-order valence-electron chi connectivity index (χ0n) is 14.8. The van der Waals surface area contributed by atoms with E-state index in [2.05, 4.69) is 0 Å². The van der Waals surface area contributed by atoms with Gasteiger partial charge in [0.25, 0.3) is 0 Å². The predicted molar refractivity (Wildman–Crippen MR) is 107 cm³/mol.